The van der Waals surface area contributed by atoms with E-state index in [9.17, 15) is 4.79 Å². The van der Waals surface area contributed by atoms with Crippen LogP contribution in [0.25, 0.3) is 0 Å². The zero-order valence-corrected chi connectivity index (χ0v) is 8.03. The van der Waals surface area contributed by atoms with Gasteiger partial charge in [0.05, 0.1) is 10.7 Å². The fourth-order valence-corrected chi connectivity index (χ4v) is 1.01. The third-order valence-electron chi connectivity index (χ3n) is 1.59. The monoisotopic (exact) mass is 215 g/mol. The van der Waals surface area contributed by atoms with Gasteiger partial charge in [0.1, 0.15) is 6.10 Å². The van der Waals surface area contributed by atoms with Crippen molar-refractivity contribution in [3.05, 3.63) is 23.5 Å². The molecule has 0 radical (unpaired) electrons. The number of aliphatic hydroxyl groups is 1. The molecule has 0 aliphatic rings. The van der Waals surface area contributed by atoms with E-state index in [1.165, 1.54) is 6.20 Å². The number of hydrogen-bond acceptors (Lipinski definition) is 4. The summed E-state index contributed by atoms with van der Waals surface area (Å²) < 4.78 is 0. The van der Waals surface area contributed by atoms with Crippen molar-refractivity contribution in [2.24, 2.45) is 5.73 Å². The van der Waals surface area contributed by atoms with Crippen LogP contribution in [0.5, 0.6) is 0 Å². The van der Waals surface area contributed by atoms with Crippen LogP contribution in [0.3, 0.4) is 0 Å². The van der Waals surface area contributed by atoms with E-state index in [1.54, 1.807) is 12.3 Å². The van der Waals surface area contributed by atoms with Crippen LogP contribution in [-0.2, 0) is 4.79 Å². The Morgan fingerprint density at radius 3 is 3.07 bits per heavy atom. The molecule has 0 aliphatic carbocycles. The van der Waals surface area contributed by atoms with Gasteiger partial charge in [-0.1, -0.05) is 11.6 Å². The van der Waals surface area contributed by atoms with Crippen molar-refractivity contribution in [2.45, 2.75) is 6.10 Å². The number of carbonyl (C=O) groups excluding carboxylic acids is 1. The molecular formula is C8H10ClN3O2. The first kappa shape index (κ1) is 10.7. The normalized spacial score (nSPS) is 12.1. The first-order valence-corrected chi connectivity index (χ1v) is 4.30. The molecular weight excluding hydrogens is 206 g/mol. The molecule has 0 saturated heterocycles. The van der Waals surface area contributed by atoms with Crippen molar-refractivity contribution in [3.63, 3.8) is 0 Å². The number of amides is 1. The zero-order valence-electron chi connectivity index (χ0n) is 7.27. The minimum absolute atomic E-state index is 0.0269. The topological polar surface area (TPSA) is 88.2 Å². The number of halogens is 1. The first-order valence-electron chi connectivity index (χ1n) is 3.92. The summed E-state index contributed by atoms with van der Waals surface area (Å²) in [6.07, 6.45) is 1.78. The second kappa shape index (κ2) is 4.78. The molecule has 1 aromatic rings. The minimum Gasteiger partial charge on any atom is -0.381 e. The van der Waals surface area contributed by atoms with Crippen LogP contribution in [0.4, 0.5) is 5.69 Å². The predicted molar refractivity (Wildman–Crippen MR) is 52.9 cm³/mol. The number of primary amides is 1. The maximum atomic E-state index is 10.5. The van der Waals surface area contributed by atoms with Gasteiger partial charge in [-0.3, -0.25) is 9.78 Å². The van der Waals surface area contributed by atoms with Gasteiger partial charge in [0.2, 0.25) is 5.91 Å². The van der Waals surface area contributed by atoms with Gasteiger partial charge in [-0.05, 0) is 6.07 Å². The Morgan fingerprint density at radius 1 is 1.79 bits per heavy atom. The Labute approximate surface area is 85.9 Å². The van der Waals surface area contributed by atoms with E-state index < -0.39 is 12.0 Å². The molecule has 0 aromatic carbocycles. The lowest BCUT2D eigenvalue weighted by Gasteiger charge is -2.10. The van der Waals surface area contributed by atoms with Crippen LogP contribution in [0.2, 0.25) is 5.02 Å². The number of carbonyl (C=O) groups is 1. The Hall–Kier alpha value is -1.33. The summed E-state index contributed by atoms with van der Waals surface area (Å²) in [5.41, 5.74) is 5.46. The van der Waals surface area contributed by atoms with E-state index in [1.807, 2.05) is 0 Å². The zero-order chi connectivity index (χ0) is 10.6. The number of nitrogens with zero attached hydrogens (tertiary/aromatic N) is 1. The fraction of sp³-hybridized carbons (Fsp3) is 0.250. The SMILES string of the molecule is NC(=O)C(O)CNc1ccncc1Cl. The average Bonchev–Trinajstić information content (AvgIpc) is 2.16. The van der Waals surface area contributed by atoms with Crippen molar-refractivity contribution in [1.29, 1.82) is 0 Å². The Bertz CT molecular complexity index is 332. The van der Waals surface area contributed by atoms with Crippen molar-refractivity contribution in [2.75, 3.05) is 11.9 Å². The lowest BCUT2D eigenvalue weighted by molar-refractivity contribution is -0.125. The Kier molecular flexibility index (Phi) is 3.67. The quantitative estimate of drug-likeness (QED) is 0.659. The number of hydrogen-bond donors (Lipinski definition) is 3. The highest BCUT2D eigenvalue weighted by Crippen LogP contribution is 2.18. The number of pyridine rings is 1. The molecule has 5 nitrogen and oxygen atoms in total. The fourth-order valence-electron chi connectivity index (χ4n) is 0.826. The van der Waals surface area contributed by atoms with Gasteiger partial charge in [0.25, 0.3) is 0 Å². The summed E-state index contributed by atoms with van der Waals surface area (Å²) >= 11 is 5.76. The lowest BCUT2D eigenvalue weighted by Crippen LogP contribution is -2.34. The van der Waals surface area contributed by atoms with Gasteiger partial charge in [-0.2, -0.15) is 0 Å². The van der Waals surface area contributed by atoms with Crippen LogP contribution >= 0.6 is 11.6 Å². The molecule has 0 bridgehead atoms. The summed E-state index contributed by atoms with van der Waals surface area (Å²) in [5.74, 6) is -0.775. The van der Waals surface area contributed by atoms with E-state index in [2.05, 4.69) is 10.3 Å². The highest BCUT2D eigenvalue weighted by molar-refractivity contribution is 6.33. The Balaban J connectivity index is 2.54. The van der Waals surface area contributed by atoms with E-state index in [0.717, 1.165) is 0 Å². The number of nitrogens with one attached hydrogen (secondary N) is 1. The smallest absolute Gasteiger partial charge is 0.248 e. The molecule has 0 fully saturated rings. The van der Waals surface area contributed by atoms with Gasteiger partial charge in [0, 0.05) is 18.9 Å². The van der Waals surface area contributed by atoms with Gasteiger partial charge in [-0.15, -0.1) is 0 Å². The van der Waals surface area contributed by atoms with Crippen LogP contribution < -0.4 is 11.1 Å². The maximum absolute atomic E-state index is 10.5. The predicted octanol–water partition coefficient (Wildman–Crippen LogP) is -0.00690. The van der Waals surface area contributed by atoms with Crippen molar-refractivity contribution < 1.29 is 9.90 Å². The van der Waals surface area contributed by atoms with E-state index in [-0.39, 0.29) is 6.54 Å². The summed E-state index contributed by atoms with van der Waals surface area (Å²) in [6.45, 7) is 0.0269. The maximum Gasteiger partial charge on any atom is 0.248 e. The molecule has 0 spiro atoms. The molecule has 1 heterocycles. The van der Waals surface area contributed by atoms with Crippen LogP contribution in [0.1, 0.15) is 0 Å². The molecule has 76 valence electrons. The van der Waals surface area contributed by atoms with Gasteiger partial charge in [0.15, 0.2) is 0 Å². The highest BCUT2D eigenvalue weighted by Gasteiger charge is 2.10. The van der Waals surface area contributed by atoms with Gasteiger partial charge >= 0.3 is 0 Å². The standard InChI is InChI=1S/C8H10ClN3O2/c9-5-3-11-2-1-6(5)12-4-7(13)8(10)14/h1-3,7,13H,4H2,(H2,10,14)(H,11,12). The third-order valence-corrected chi connectivity index (χ3v) is 1.89. The number of rotatable bonds is 4. The second-order valence-electron chi connectivity index (χ2n) is 2.65. The number of nitrogens with two attached hydrogens (primary N) is 1. The van der Waals surface area contributed by atoms with Crippen LogP contribution in [0, 0.1) is 0 Å². The Morgan fingerprint density at radius 2 is 2.50 bits per heavy atom. The van der Waals surface area contributed by atoms with Crippen molar-refractivity contribution in [3.8, 4) is 0 Å². The van der Waals surface area contributed by atoms with Gasteiger partial charge < -0.3 is 16.2 Å². The van der Waals surface area contributed by atoms with Crippen molar-refractivity contribution >= 4 is 23.2 Å². The van der Waals surface area contributed by atoms with Crippen LogP contribution in [-0.4, -0.2) is 28.6 Å². The number of aliphatic hydroxyl groups excluding tert-OH is 1. The summed E-state index contributed by atoms with van der Waals surface area (Å²) in [7, 11) is 0. The molecule has 0 aliphatic heterocycles. The molecule has 1 aromatic heterocycles. The van der Waals surface area contributed by atoms with E-state index in [0.29, 0.717) is 10.7 Å². The molecule has 0 saturated carbocycles. The molecule has 1 atom stereocenters. The highest BCUT2D eigenvalue weighted by atomic mass is 35.5. The van der Waals surface area contributed by atoms with Crippen LogP contribution in [0.15, 0.2) is 18.5 Å². The molecule has 6 heteroatoms. The minimum atomic E-state index is -1.22. The molecule has 14 heavy (non-hydrogen) atoms. The molecule has 4 N–H and O–H groups in total. The molecule has 1 unspecified atom stereocenters. The third kappa shape index (κ3) is 2.86. The lowest BCUT2D eigenvalue weighted by atomic mass is 10.3. The molecule has 1 amide bonds. The largest absolute Gasteiger partial charge is 0.381 e. The number of anilines is 1. The molecule has 1 rings (SSSR count). The van der Waals surface area contributed by atoms with Crippen molar-refractivity contribution in [1.82, 2.24) is 4.98 Å². The van der Waals surface area contributed by atoms with Gasteiger partial charge in [-0.25, -0.2) is 0 Å². The number of aromatic nitrogens is 1. The summed E-state index contributed by atoms with van der Waals surface area (Å²) in [5, 5.41) is 12.3. The first-order chi connectivity index (χ1) is 6.61. The van der Waals surface area contributed by atoms with E-state index in [4.69, 9.17) is 22.4 Å². The second-order valence-corrected chi connectivity index (χ2v) is 3.06. The summed E-state index contributed by atoms with van der Waals surface area (Å²) in [6, 6.07) is 1.63. The summed E-state index contributed by atoms with van der Waals surface area (Å²) in [4.78, 5) is 14.3. The average molecular weight is 216 g/mol. The van der Waals surface area contributed by atoms with E-state index >= 15 is 0 Å².